The van der Waals surface area contributed by atoms with Gasteiger partial charge in [0.15, 0.2) is 27.3 Å². The molecule has 0 heterocycles. The second-order valence-electron chi connectivity index (χ2n) is 4.13. The molecule has 0 saturated heterocycles. The van der Waals surface area contributed by atoms with Gasteiger partial charge in [0.2, 0.25) is 0 Å². The summed E-state index contributed by atoms with van der Waals surface area (Å²) in [5.41, 5.74) is 0. The van der Waals surface area contributed by atoms with Crippen LogP contribution in [0.4, 0.5) is 26.3 Å². The van der Waals surface area contributed by atoms with Crippen LogP contribution >= 0.6 is 0 Å². The lowest BCUT2D eigenvalue weighted by molar-refractivity contribution is -0.132. The third kappa shape index (κ3) is 5.92. The molecule has 0 unspecified atom stereocenters. The summed E-state index contributed by atoms with van der Waals surface area (Å²) in [6.45, 7) is 0. The lowest BCUT2D eigenvalue weighted by Crippen LogP contribution is -2.25. The van der Waals surface area contributed by atoms with Gasteiger partial charge < -0.3 is 4.74 Å². The Hall–Kier alpha value is -1.78. The van der Waals surface area contributed by atoms with Gasteiger partial charge >= 0.3 is 12.1 Å². The first-order valence-electron chi connectivity index (χ1n) is 5.52. The fourth-order valence-corrected chi connectivity index (χ4v) is 2.38. The Kier molecular flexibility index (Phi) is 5.44. The van der Waals surface area contributed by atoms with Crippen LogP contribution in [0.15, 0.2) is 12.1 Å². The molecule has 0 aliphatic carbocycles. The van der Waals surface area contributed by atoms with Gasteiger partial charge in [0, 0.05) is 12.1 Å². The smallest absolute Gasteiger partial charge is 0.390 e. The lowest BCUT2D eigenvalue weighted by Gasteiger charge is -2.08. The molecule has 0 bridgehead atoms. The van der Waals surface area contributed by atoms with E-state index in [0.717, 1.165) is 0 Å². The highest BCUT2D eigenvalue weighted by Gasteiger charge is 2.31. The lowest BCUT2D eigenvalue weighted by atomic mass is 10.3. The topological polar surface area (TPSA) is 60.4 Å². The van der Waals surface area contributed by atoms with Gasteiger partial charge in [-0.05, 0) is 0 Å². The summed E-state index contributed by atoms with van der Waals surface area (Å²) in [5.74, 6) is -10.3. The minimum absolute atomic E-state index is 0.290. The molecular weight excluding hydrogens is 342 g/mol. The maximum absolute atomic E-state index is 12.8. The first-order valence-corrected chi connectivity index (χ1v) is 7.34. The molecule has 0 aromatic heterocycles. The molecule has 124 valence electrons. The normalized spacial score (nSPS) is 12.3. The SMILES string of the molecule is O=C(CS(=O)(=O)CCC(F)(F)F)Oc1cc(F)c(F)c(F)c1. The predicted molar refractivity (Wildman–Crippen MR) is 61.3 cm³/mol. The van der Waals surface area contributed by atoms with E-state index in [1.165, 1.54) is 0 Å². The van der Waals surface area contributed by atoms with Gasteiger partial charge in [-0.3, -0.25) is 4.79 Å². The molecule has 0 atom stereocenters. The summed E-state index contributed by atoms with van der Waals surface area (Å²) in [5, 5.41) is 0. The average Bonchev–Trinajstić information content (AvgIpc) is 2.32. The van der Waals surface area contributed by atoms with Crippen molar-refractivity contribution in [1.82, 2.24) is 0 Å². The van der Waals surface area contributed by atoms with Crippen molar-refractivity contribution in [1.29, 1.82) is 0 Å². The number of alkyl halides is 3. The molecule has 0 aliphatic heterocycles. The molecule has 22 heavy (non-hydrogen) atoms. The summed E-state index contributed by atoms with van der Waals surface area (Å²) in [4.78, 5) is 11.2. The van der Waals surface area contributed by atoms with E-state index in [4.69, 9.17) is 0 Å². The Morgan fingerprint density at radius 2 is 1.59 bits per heavy atom. The maximum atomic E-state index is 12.8. The van der Waals surface area contributed by atoms with E-state index >= 15 is 0 Å². The fourth-order valence-electron chi connectivity index (χ4n) is 1.28. The number of carbonyl (C=O) groups is 1. The molecule has 0 radical (unpaired) electrons. The molecule has 0 amide bonds. The second-order valence-corrected chi connectivity index (χ2v) is 6.32. The molecule has 0 saturated carbocycles. The van der Waals surface area contributed by atoms with Crippen LogP contribution in [0, 0.1) is 17.5 Å². The Morgan fingerprint density at radius 1 is 1.09 bits per heavy atom. The Bertz CT molecular complexity index is 645. The van der Waals surface area contributed by atoms with Crippen molar-refractivity contribution in [3.05, 3.63) is 29.6 Å². The third-order valence-electron chi connectivity index (χ3n) is 2.22. The van der Waals surface area contributed by atoms with Gasteiger partial charge in [-0.15, -0.1) is 0 Å². The molecule has 0 fully saturated rings. The van der Waals surface area contributed by atoms with Gasteiger partial charge in [-0.2, -0.15) is 13.2 Å². The van der Waals surface area contributed by atoms with Gasteiger partial charge in [0.05, 0.1) is 12.2 Å². The number of hydrogen-bond donors (Lipinski definition) is 0. The summed E-state index contributed by atoms with van der Waals surface area (Å²) in [6, 6.07) is 0.581. The van der Waals surface area contributed by atoms with Crippen molar-refractivity contribution in [3.63, 3.8) is 0 Å². The summed E-state index contributed by atoms with van der Waals surface area (Å²) in [7, 11) is -4.42. The van der Waals surface area contributed by atoms with Crippen molar-refractivity contribution in [3.8, 4) is 5.75 Å². The highest BCUT2D eigenvalue weighted by molar-refractivity contribution is 7.92. The summed E-state index contributed by atoms with van der Waals surface area (Å²) >= 11 is 0. The zero-order chi connectivity index (χ0) is 17.1. The maximum Gasteiger partial charge on any atom is 0.390 e. The van der Waals surface area contributed by atoms with E-state index in [2.05, 4.69) is 4.74 Å². The van der Waals surface area contributed by atoms with Crippen molar-refractivity contribution >= 4 is 15.8 Å². The summed E-state index contributed by atoms with van der Waals surface area (Å²) < 4.78 is 101. The van der Waals surface area contributed by atoms with Crippen molar-refractivity contribution in [2.75, 3.05) is 11.5 Å². The molecule has 0 spiro atoms. The number of esters is 1. The van der Waals surface area contributed by atoms with E-state index in [0.29, 0.717) is 12.1 Å². The zero-order valence-corrected chi connectivity index (χ0v) is 11.4. The van der Waals surface area contributed by atoms with Crippen LogP contribution in [0.5, 0.6) is 5.75 Å². The van der Waals surface area contributed by atoms with E-state index in [1.54, 1.807) is 0 Å². The fraction of sp³-hybridized carbons (Fsp3) is 0.364. The van der Waals surface area contributed by atoms with Crippen LogP contribution in [-0.4, -0.2) is 32.1 Å². The van der Waals surface area contributed by atoms with Crippen LogP contribution in [0.2, 0.25) is 0 Å². The van der Waals surface area contributed by atoms with E-state index in [-0.39, 0.29) is 0 Å². The Labute approximate surface area is 120 Å². The third-order valence-corrected chi connectivity index (χ3v) is 3.72. The summed E-state index contributed by atoms with van der Waals surface area (Å²) in [6.07, 6.45) is -6.37. The molecule has 0 aliphatic rings. The van der Waals surface area contributed by atoms with Crippen LogP contribution in [0.1, 0.15) is 6.42 Å². The molecular formula is C11H8F6O4S. The van der Waals surface area contributed by atoms with Crippen molar-refractivity contribution in [2.24, 2.45) is 0 Å². The van der Waals surface area contributed by atoms with Gasteiger partial charge in [-0.1, -0.05) is 0 Å². The van der Waals surface area contributed by atoms with Gasteiger partial charge in [0.25, 0.3) is 0 Å². The van der Waals surface area contributed by atoms with Crippen LogP contribution < -0.4 is 4.74 Å². The van der Waals surface area contributed by atoms with Crippen LogP contribution in [0.3, 0.4) is 0 Å². The highest BCUT2D eigenvalue weighted by Crippen LogP contribution is 2.21. The number of ether oxygens (including phenoxy) is 1. The standard InChI is InChI=1S/C11H8F6O4S/c12-7-3-6(4-8(13)10(7)14)21-9(18)5-22(19,20)2-1-11(15,16)17/h3-4H,1-2,5H2. The Balaban J connectivity index is 2.70. The molecule has 1 aromatic carbocycles. The molecule has 1 aromatic rings. The second kappa shape index (κ2) is 6.55. The van der Waals surface area contributed by atoms with Crippen LogP contribution in [-0.2, 0) is 14.6 Å². The van der Waals surface area contributed by atoms with Gasteiger partial charge in [-0.25, -0.2) is 21.6 Å². The number of benzene rings is 1. The number of hydrogen-bond acceptors (Lipinski definition) is 4. The Morgan fingerprint density at radius 3 is 2.05 bits per heavy atom. The van der Waals surface area contributed by atoms with E-state index in [1.807, 2.05) is 0 Å². The predicted octanol–water partition coefficient (Wildman–Crippen LogP) is 2.38. The average molecular weight is 350 g/mol. The highest BCUT2D eigenvalue weighted by atomic mass is 32.2. The minimum Gasteiger partial charge on any atom is -0.426 e. The minimum atomic E-state index is -4.72. The van der Waals surface area contributed by atoms with Crippen molar-refractivity contribution < 1.29 is 44.3 Å². The first-order chi connectivity index (χ1) is 9.89. The quantitative estimate of drug-likeness (QED) is 0.354. The number of rotatable bonds is 5. The molecule has 0 N–H and O–H groups in total. The number of sulfone groups is 1. The number of halogens is 6. The molecule has 1 rings (SSSR count). The first kappa shape index (κ1) is 18.3. The van der Waals surface area contributed by atoms with Crippen molar-refractivity contribution in [2.45, 2.75) is 12.6 Å². The molecule has 4 nitrogen and oxygen atoms in total. The van der Waals surface area contributed by atoms with Crippen LogP contribution in [0.25, 0.3) is 0 Å². The molecule has 11 heteroatoms. The van der Waals surface area contributed by atoms with E-state index < -0.39 is 63.1 Å². The van der Waals surface area contributed by atoms with Gasteiger partial charge in [0.1, 0.15) is 11.5 Å². The number of carbonyl (C=O) groups excluding carboxylic acids is 1. The monoisotopic (exact) mass is 350 g/mol. The largest absolute Gasteiger partial charge is 0.426 e. The zero-order valence-electron chi connectivity index (χ0n) is 10.6. The van der Waals surface area contributed by atoms with E-state index in [9.17, 15) is 39.6 Å².